The lowest BCUT2D eigenvalue weighted by Gasteiger charge is -2.19. The first kappa shape index (κ1) is 47.1. The molecule has 0 fully saturated rings. The van der Waals surface area contributed by atoms with Crippen LogP contribution in [0, 0.1) is 5.92 Å². The average molecular weight is 684 g/mol. The summed E-state index contributed by atoms with van der Waals surface area (Å²) in [6, 6.07) is 1.23. The van der Waals surface area contributed by atoms with E-state index in [2.05, 4.69) is 20.8 Å². The van der Waals surface area contributed by atoms with Crippen molar-refractivity contribution in [1.29, 1.82) is 0 Å². The Labute approximate surface area is 299 Å². The molecule has 0 radical (unpaired) electrons. The quantitative estimate of drug-likeness (QED) is 0.0395. The molecule has 0 aliphatic carbocycles. The maximum Gasteiger partial charge on any atom is 0.161 e. The van der Waals surface area contributed by atoms with Crippen LogP contribution in [0.2, 0.25) is 6.04 Å². The zero-order valence-electron chi connectivity index (χ0n) is 32.8. The Morgan fingerprint density at radius 3 is 1.11 bits per heavy atom. The molecule has 0 aliphatic heterocycles. The van der Waals surface area contributed by atoms with Crippen molar-refractivity contribution in [1.82, 2.24) is 0 Å². The van der Waals surface area contributed by atoms with Crippen LogP contribution in [0.4, 0.5) is 0 Å². The largest absolute Gasteiger partial charge is 0.424 e. The molecule has 0 bridgehead atoms. The molecule has 284 valence electrons. The van der Waals surface area contributed by atoms with Crippen LogP contribution in [-0.4, -0.2) is 42.4 Å². The van der Waals surface area contributed by atoms with Gasteiger partial charge >= 0.3 is 0 Å². The molecular formula is C42H89NO3Si. The molecule has 0 spiro atoms. The fourth-order valence-electron chi connectivity index (χ4n) is 6.43. The number of unbranched alkanes of at least 4 members (excludes halogenated alkanes) is 28. The van der Waals surface area contributed by atoms with E-state index in [0.717, 1.165) is 32.8 Å². The van der Waals surface area contributed by atoms with Crippen LogP contribution in [-0.2, 0) is 13.9 Å². The van der Waals surface area contributed by atoms with Gasteiger partial charge in [-0.3, -0.25) is 0 Å². The van der Waals surface area contributed by atoms with Crippen LogP contribution in [0.1, 0.15) is 226 Å². The molecule has 0 saturated carbocycles. The highest BCUT2D eigenvalue weighted by atomic mass is 28.2. The Balaban J connectivity index is 3.86. The third-order valence-electron chi connectivity index (χ3n) is 9.99. The lowest BCUT2D eigenvalue weighted by molar-refractivity contribution is -0.148. The SMILES string of the molecule is CCCCCCCCCCCCOC(CCCCCCCCCCCCCO[SiH2]CC(C)CN)OCCCCCCCCCCCC. The molecule has 1 unspecified atom stereocenters. The Bertz CT molecular complexity index is 526. The summed E-state index contributed by atoms with van der Waals surface area (Å²) in [7, 11) is -0.329. The summed E-state index contributed by atoms with van der Waals surface area (Å²) in [5.41, 5.74) is 5.69. The van der Waals surface area contributed by atoms with Gasteiger partial charge in [0.1, 0.15) is 0 Å². The van der Waals surface area contributed by atoms with Crippen LogP contribution in [0.25, 0.3) is 0 Å². The van der Waals surface area contributed by atoms with E-state index in [-0.39, 0.29) is 16.1 Å². The van der Waals surface area contributed by atoms with Crippen molar-refractivity contribution >= 4 is 9.76 Å². The van der Waals surface area contributed by atoms with E-state index in [1.165, 1.54) is 205 Å². The van der Waals surface area contributed by atoms with E-state index in [9.17, 15) is 0 Å². The third kappa shape index (κ3) is 40.4. The Morgan fingerprint density at radius 2 is 0.745 bits per heavy atom. The maximum atomic E-state index is 6.31. The highest BCUT2D eigenvalue weighted by Crippen LogP contribution is 2.17. The highest BCUT2D eigenvalue weighted by Gasteiger charge is 2.09. The zero-order chi connectivity index (χ0) is 34.1. The fourth-order valence-corrected chi connectivity index (χ4v) is 7.65. The van der Waals surface area contributed by atoms with Gasteiger partial charge in [-0.25, -0.2) is 0 Å². The number of rotatable bonds is 42. The summed E-state index contributed by atoms with van der Waals surface area (Å²) in [5.74, 6) is 0.648. The predicted octanol–water partition coefficient (Wildman–Crippen LogP) is 13.0. The second kappa shape index (κ2) is 42.2. The molecule has 0 saturated heterocycles. The molecule has 2 N–H and O–H groups in total. The van der Waals surface area contributed by atoms with Crippen molar-refractivity contribution in [2.24, 2.45) is 11.7 Å². The van der Waals surface area contributed by atoms with Crippen LogP contribution < -0.4 is 5.73 Å². The van der Waals surface area contributed by atoms with E-state index in [1.54, 1.807) is 0 Å². The van der Waals surface area contributed by atoms with Crippen molar-refractivity contribution < 1.29 is 13.9 Å². The molecule has 0 rings (SSSR count). The number of nitrogens with two attached hydrogens (primary N) is 1. The minimum Gasteiger partial charge on any atom is -0.424 e. The standard InChI is InChI=1S/C42H89NO3Si/c1-4-6-8-10-12-14-20-24-28-32-36-44-42(45-37-33-29-25-21-15-13-11-9-7-5-2)35-31-27-23-19-17-16-18-22-26-30-34-38-46-47-40-41(3)39-43/h41-42H,4-40,43,47H2,1-3H3. The van der Waals surface area contributed by atoms with Crippen LogP contribution in [0.5, 0.6) is 0 Å². The molecule has 0 aromatic heterocycles. The van der Waals surface area contributed by atoms with Gasteiger partial charge in [-0.05, 0) is 50.6 Å². The molecule has 0 amide bonds. The first-order chi connectivity index (χ1) is 23.2. The number of hydrogen-bond donors (Lipinski definition) is 1. The smallest absolute Gasteiger partial charge is 0.161 e. The molecule has 4 nitrogen and oxygen atoms in total. The zero-order valence-corrected chi connectivity index (χ0v) is 34.2. The molecule has 0 aromatic rings. The van der Waals surface area contributed by atoms with Crippen LogP contribution >= 0.6 is 0 Å². The van der Waals surface area contributed by atoms with Gasteiger partial charge in [-0.2, -0.15) is 0 Å². The summed E-state index contributed by atoms with van der Waals surface area (Å²) in [5, 5.41) is 0. The Morgan fingerprint density at radius 1 is 0.426 bits per heavy atom. The van der Waals surface area contributed by atoms with Crippen molar-refractivity contribution in [2.45, 2.75) is 239 Å². The summed E-state index contributed by atoms with van der Waals surface area (Å²) in [6.07, 6.45) is 43.5. The predicted molar refractivity (Wildman–Crippen MR) is 212 cm³/mol. The van der Waals surface area contributed by atoms with E-state index >= 15 is 0 Å². The van der Waals surface area contributed by atoms with E-state index in [4.69, 9.17) is 19.6 Å². The maximum absolute atomic E-state index is 6.31. The topological polar surface area (TPSA) is 53.7 Å². The van der Waals surface area contributed by atoms with Crippen molar-refractivity contribution in [3.05, 3.63) is 0 Å². The lowest BCUT2D eigenvalue weighted by Crippen LogP contribution is -2.19. The minimum atomic E-state index is -0.329. The van der Waals surface area contributed by atoms with Gasteiger partial charge in [0.25, 0.3) is 0 Å². The van der Waals surface area contributed by atoms with Gasteiger partial charge in [0.05, 0.1) is 0 Å². The van der Waals surface area contributed by atoms with Gasteiger partial charge in [-0.15, -0.1) is 0 Å². The average Bonchev–Trinajstić information content (AvgIpc) is 3.08. The van der Waals surface area contributed by atoms with Gasteiger partial charge in [0.15, 0.2) is 16.1 Å². The normalized spacial score (nSPS) is 12.7. The number of ether oxygens (including phenoxy) is 2. The molecule has 1 atom stereocenters. The third-order valence-corrected chi connectivity index (χ3v) is 11.8. The molecule has 0 heterocycles. The molecule has 0 aliphatic rings. The Kier molecular flexibility index (Phi) is 42.3. The molecule has 47 heavy (non-hydrogen) atoms. The highest BCUT2D eigenvalue weighted by molar-refractivity contribution is 6.27. The van der Waals surface area contributed by atoms with Crippen LogP contribution in [0.15, 0.2) is 0 Å². The molecule has 0 aromatic carbocycles. The van der Waals surface area contributed by atoms with Crippen LogP contribution in [0.3, 0.4) is 0 Å². The van der Waals surface area contributed by atoms with Crippen molar-refractivity contribution in [3.63, 3.8) is 0 Å². The van der Waals surface area contributed by atoms with E-state index < -0.39 is 0 Å². The van der Waals surface area contributed by atoms with Gasteiger partial charge in [0, 0.05) is 19.8 Å². The van der Waals surface area contributed by atoms with Crippen molar-refractivity contribution in [3.8, 4) is 0 Å². The second-order valence-corrected chi connectivity index (χ2v) is 16.3. The summed E-state index contributed by atoms with van der Waals surface area (Å²) in [4.78, 5) is 0. The van der Waals surface area contributed by atoms with Crippen molar-refractivity contribution in [2.75, 3.05) is 26.4 Å². The van der Waals surface area contributed by atoms with Gasteiger partial charge < -0.3 is 19.6 Å². The van der Waals surface area contributed by atoms with E-state index in [1.807, 2.05) is 0 Å². The second-order valence-electron chi connectivity index (χ2n) is 15.0. The Hall–Kier alpha value is 0.0569. The molecular weight excluding hydrogens is 595 g/mol. The summed E-state index contributed by atoms with van der Waals surface area (Å²) < 4.78 is 18.5. The first-order valence-corrected chi connectivity index (χ1v) is 23.3. The number of hydrogen-bond acceptors (Lipinski definition) is 4. The molecule has 5 heteroatoms. The lowest BCUT2D eigenvalue weighted by atomic mass is 10.1. The first-order valence-electron chi connectivity index (χ1n) is 21.8. The fraction of sp³-hybridized carbons (Fsp3) is 1.00. The summed E-state index contributed by atoms with van der Waals surface area (Å²) >= 11 is 0. The summed E-state index contributed by atoms with van der Waals surface area (Å²) in [6.45, 7) is 10.4. The monoisotopic (exact) mass is 684 g/mol. The van der Waals surface area contributed by atoms with Gasteiger partial charge in [0.2, 0.25) is 0 Å². The minimum absolute atomic E-state index is 0.0226. The van der Waals surface area contributed by atoms with Gasteiger partial charge in [-0.1, -0.05) is 194 Å². The van der Waals surface area contributed by atoms with E-state index in [0.29, 0.717) is 5.92 Å².